The van der Waals surface area contributed by atoms with Crippen LogP contribution in [0.15, 0.2) is 11.4 Å². The first-order valence-electron chi connectivity index (χ1n) is 7.67. The fourth-order valence-electron chi connectivity index (χ4n) is 4.78. The Morgan fingerprint density at radius 1 is 1.33 bits per heavy atom. The second-order valence-corrected chi connectivity index (χ2v) is 8.46. The van der Waals surface area contributed by atoms with Gasteiger partial charge in [0.25, 0.3) is 0 Å². The van der Waals surface area contributed by atoms with Crippen molar-refractivity contribution in [3.8, 4) is 0 Å². The molecule has 21 heavy (non-hydrogen) atoms. The maximum absolute atomic E-state index is 5.88. The van der Waals surface area contributed by atoms with Crippen LogP contribution in [0, 0.1) is 16.7 Å². The van der Waals surface area contributed by atoms with Gasteiger partial charge in [-0.15, -0.1) is 11.3 Å². The fourth-order valence-corrected chi connectivity index (χ4v) is 5.55. The number of anilines is 2. The third kappa shape index (κ3) is 1.79. The highest BCUT2D eigenvalue weighted by Crippen LogP contribution is 2.63. The molecular weight excluding hydrogens is 280 g/mol. The minimum atomic E-state index is 0.301. The zero-order valence-electron chi connectivity index (χ0n) is 12.8. The zero-order valence-corrected chi connectivity index (χ0v) is 13.6. The monoisotopic (exact) mass is 302 g/mol. The van der Waals surface area contributed by atoms with Crippen LogP contribution in [-0.2, 0) is 0 Å². The van der Waals surface area contributed by atoms with Crippen LogP contribution < -0.4 is 11.1 Å². The Morgan fingerprint density at radius 3 is 2.86 bits per heavy atom. The number of hydrogen-bond acceptors (Lipinski definition) is 5. The summed E-state index contributed by atoms with van der Waals surface area (Å²) in [4.78, 5) is 9.77. The Balaban J connectivity index is 1.76. The minimum Gasteiger partial charge on any atom is -0.368 e. The largest absolute Gasteiger partial charge is 0.368 e. The Morgan fingerprint density at radius 2 is 2.14 bits per heavy atom. The summed E-state index contributed by atoms with van der Waals surface area (Å²) in [5, 5.41) is 6.90. The predicted molar refractivity (Wildman–Crippen MR) is 88.5 cm³/mol. The predicted octanol–water partition coefficient (Wildman–Crippen LogP) is 3.90. The van der Waals surface area contributed by atoms with Crippen molar-refractivity contribution < 1.29 is 0 Å². The summed E-state index contributed by atoms with van der Waals surface area (Å²) in [5.41, 5.74) is 6.55. The van der Waals surface area contributed by atoms with E-state index in [4.69, 9.17) is 5.73 Å². The standard InChI is InChI=1S/C16H22N4S/c1-15(2)9-4-6-16(3,8-9)13(15)18-11-10-5-7-21-12(10)20-14(17)19-11/h5,7,9,13H,4,6,8H2,1-3H3,(H3,17,18,19,20). The lowest BCUT2D eigenvalue weighted by atomic mass is 9.68. The van der Waals surface area contributed by atoms with Crippen LogP contribution in [0.1, 0.15) is 40.0 Å². The van der Waals surface area contributed by atoms with Crippen LogP contribution in [-0.4, -0.2) is 16.0 Å². The van der Waals surface area contributed by atoms with Crippen LogP contribution >= 0.6 is 11.3 Å². The first kappa shape index (κ1) is 13.3. The van der Waals surface area contributed by atoms with Crippen LogP contribution in [0.5, 0.6) is 0 Å². The van der Waals surface area contributed by atoms with E-state index in [0.29, 0.717) is 22.8 Å². The first-order chi connectivity index (χ1) is 9.90. The molecule has 0 radical (unpaired) electrons. The van der Waals surface area contributed by atoms with Crippen molar-refractivity contribution in [2.45, 2.75) is 46.1 Å². The molecule has 2 bridgehead atoms. The summed E-state index contributed by atoms with van der Waals surface area (Å²) < 4.78 is 0. The summed E-state index contributed by atoms with van der Waals surface area (Å²) in [7, 11) is 0. The molecule has 4 nitrogen and oxygen atoms in total. The Kier molecular flexibility index (Phi) is 2.60. The van der Waals surface area contributed by atoms with E-state index in [1.165, 1.54) is 19.3 Å². The van der Waals surface area contributed by atoms with E-state index in [9.17, 15) is 0 Å². The van der Waals surface area contributed by atoms with Gasteiger partial charge in [-0.1, -0.05) is 20.8 Å². The molecule has 3 N–H and O–H groups in total. The maximum Gasteiger partial charge on any atom is 0.223 e. The van der Waals surface area contributed by atoms with Crippen molar-refractivity contribution in [2.24, 2.45) is 16.7 Å². The zero-order chi connectivity index (χ0) is 14.8. The molecule has 0 aliphatic heterocycles. The molecule has 4 rings (SSSR count). The number of fused-ring (bicyclic) bond motifs is 3. The van der Waals surface area contributed by atoms with Gasteiger partial charge in [-0.3, -0.25) is 0 Å². The topological polar surface area (TPSA) is 63.8 Å². The molecule has 2 aromatic heterocycles. The van der Waals surface area contributed by atoms with E-state index in [-0.39, 0.29) is 0 Å². The van der Waals surface area contributed by atoms with E-state index in [1.54, 1.807) is 11.3 Å². The third-order valence-electron chi connectivity index (χ3n) is 5.89. The number of nitrogen functional groups attached to an aromatic ring is 1. The molecule has 3 unspecified atom stereocenters. The number of nitrogens with zero attached hydrogens (tertiary/aromatic N) is 2. The molecular formula is C16H22N4S. The summed E-state index contributed by atoms with van der Waals surface area (Å²) in [6.07, 6.45) is 4.00. The van der Waals surface area contributed by atoms with Gasteiger partial charge < -0.3 is 11.1 Å². The van der Waals surface area contributed by atoms with E-state index in [1.807, 2.05) is 0 Å². The van der Waals surface area contributed by atoms with E-state index < -0.39 is 0 Å². The molecule has 2 heterocycles. The summed E-state index contributed by atoms with van der Waals surface area (Å²) >= 11 is 1.62. The Hall–Kier alpha value is -1.36. The van der Waals surface area contributed by atoms with E-state index in [2.05, 4.69) is 47.5 Å². The average molecular weight is 302 g/mol. The lowest BCUT2D eigenvalue weighted by molar-refractivity contribution is 0.155. The third-order valence-corrected chi connectivity index (χ3v) is 6.70. The molecule has 0 spiro atoms. The number of rotatable bonds is 2. The van der Waals surface area contributed by atoms with Gasteiger partial charge in [0, 0.05) is 6.04 Å². The Bertz CT molecular complexity index is 703. The van der Waals surface area contributed by atoms with Gasteiger partial charge in [-0.05, 0) is 47.5 Å². The molecule has 2 saturated carbocycles. The summed E-state index contributed by atoms with van der Waals surface area (Å²) in [6, 6.07) is 2.53. The van der Waals surface area contributed by atoms with E-state index >= 15 is 0 Å². The fraction of sp³-hybridized carbons (Fsp3) is 0.625. The molecule has 112 valence electrons. The van der Waals surface area contributed by atoms with Gasteiger partial charge in [0.15, 0.2) is 0 Å². The number of hydrogen-bond donors (Lipinski definition) is 2. The molecule has 0 saturated heterocycles. The van der Waals surface area contributed by atoms with Crippen LogP contribution in [0.2, 0.25) is 0 Å². The van der Waals surface area contributed by atoms with Crippen molar-refractivity contribution in [1.29, 1.82) is 0 Å². The molecule has 2 aliphatic carbocycles. The minimum absolute atomic E-state index is 0.301. The molecule has 0 aromatic carbocycles. The lowest BCUT2D eigenvalue weighted by Gasteiger charge is -2.43. The van der Waals surface area contributed by atoms with Gasteiger partial charge >= 0.3 is 0 Å². The van der Waals surface area contributed by atoms with Crippen LogP contribution in [0.25, 0.3) is 10.2 Å². The maximum atomic E-state index is 5.88. The molecule has 2 aromatic rings. The number of thiophene rings is 1. The molecule has 3 atom stereocenters. The van der Waals surface area contributed by atoms with Crippen molar-refractivity contribution in [3.05, 3.63) is 11.4 Å². The highest BCUT2D eigenvalue weighted by atomic mass is 32.1. The highest BCUT2D eigenvalue weighted by Gasteiger charge is 2.59. The van der Waals surface area contributed by atoms with Crippen molar-refractivity contribution in [3.63, 3.8) is 0 Å². The molecule has 2 aliphatic rings. The highest BCUT2D eigenvalue weighted by molar-refractivity contribution is 7.16. The number of nitrogens with one attached hydrogen (secondary N) is 1. The van der Waals surface area contributed by atoms with Crippen LogP contribution in [0.4, 0.5) is 11.8 Å². The number of nitrogens with two attached hydrogens (primary N) is 1. The van der Waals surface area contributed by atoms with Crippen molar-refractivity contribution in [2.75, 3.05) is 11.1 Å². The van der Waals surface area contributed by atoms with Gasteiger partial charge in [-0.25, -0.2) is 4.98 Å². The van der Waals surface area contributed by atoms with Gasteiger partial charge in [0.05, 0.1) is 5.39 Å². The Labute approximate surface area is 129 Å². The SMILES string of the molecule is CC12CCC(C1)C(C)(C)C2Nc1nc(N)nc2sccc12. The van der Waals surface area contributed by atoms with Crippen molar-refractivity contribution >= 4 is 33.3 Å². The summed E-state index contributed by atoms with van der Waals surface area (Å²) in [5.74, 6) is 2.08. The lowest BCUT2D eigenvalue weighted by Crippen LogP contribution is -2.46. The van der Waals surface area contributed by atoms with Crippen molar-refractivity contribution in [1.82, 2.24) is 9.97 Å². The van der Waals surface area contributed by atoms with Gasteiger partial charge in [-0.2, -0.15) is 4.98 Å². The second-order valence-electron chi connectivity index (χ2n) is 7.56. The second kappa shape index (κ2) is 4.09. The number of aromatic nitrogens is 2. The molecule has 2 fully saturated rings. The molecule has 0 amide bonds. The quantitative estimate of drug-likeness (QED) is 0.883. The average Bonchev–Trinajstić information content (AvgIpc) is 3.05. The van der Waals surface area contributed by atoms with E-state index in [0.717, 1.165) is 22.0 Å². The first-order valence-corrected chi connectivity index (χ1v) is 8.55. The van der Waals surface area contributed by atoms with Gasteiger partial charge in [0.2, 0.25) is 5.95 Å². The van der Waals surface area contributed by atoms with Gasteiger partial charge in [0.1, 0.15) is 10.6 Å². The van der Waals surface area contributed by atoms with Crippen LogP contribution in [0.3, 0.4) is 0 Å². The normalized spacial score (nSPS) is 33.7. The smallest absolute Gasteiger partial charge is 0.223 e. The summed E-state index contributed by atoms with van der Waals surface area (Å²) in [6.45, 7) is 7.22. The molecule has 5 heteroatoms.